The lowest BCUT2D eigenvalue weighted by Gasteiger charge is -2.08. The molecule has 4 heteroatoms. The Morgan fingerprint density at radius 3 is 2.71 bits per heavy atom. The van der Waals surface area contributed by atoms with Gasteiger partial charge < -0.3 is 5.11 Å². The summed E-state index contributed by atoms with van der Waals surface area (Å²) in [6.07, 6.45) is 0. The molecule has 0 heterocycles. The molecular weight excluding hydrogens is 267 g/mol. The molecular formula is C10H10BrClO2. The molecule has 1 N–H and O–H groups in total. The zero-order valence-corrected chi connectivity index (χ0v) is 9.97. The van der Waals surface area contributed by atoms with E-state index in [1.54, 1.807) is 18.2 Å². The molecule has 0 aliphatic rings. The number of phenolic OH excluding ortho intramolecular Hbond substituents is 1. The van der Waals surface area contributed by atoms with E-state index < -0.39 is 0 Å². The predicted octanol–water partition coefficient (Wildman–Crippen LogP) is 3.16. The van der Waals surface area contributed by atoms with Crippen molar-refractivity contribution in [1.29, 1.82) is 0 Å². The van der Waals surface area contributed by atoms with Crippen LogP contribution in [0.1, 0.15) is 22.9 Å². The molecule has 1 aromatic rings. The molecule has 0 aromatic heterocycles. The molecule has 1 aromatic carbocycles. The van der Waals surface area contributed by atoms with Gasteiger partial charge in [0.05, 0.1) is 4.83 Å². The number of phenols is 1. The van der Waals surface area contributed by atoms with Gasteiger partial charge in [0.2, 0.25) is 0 Å². The van der Waals surface area contributed by atoms with Crippen molar-refractivity contribution in [2.24, 2.45) is 0 Å². The van der Waals surface area contributed by atoms with Gasteiger partial charge in [0, 0.05) is 5.88 Å². The highest BCUT2D eigenvalue weighted by Crippen LogP contribution is 2.28. The number of benzene rings is 1. The van der Waals surface area contributed by atoms with Crippen LogP contribution in [-0.4, -0.2) is 10.9 Å². The Bertz CT molecular complexity index is 352. The van der Waals surface area contributed by atoms with Gasteiger partial charge in [0.15, 0.2) is 0 Å². The van der Waals surface area contributed by atoms with Crippen molar-refractivity contribution in [3.63, 3.8) is 0 Å². The third-order valence-electron chi connectivity index (χ3n) is 1.80. The van der Waals surface area contributed by atoms with Crippen LogP contribution in [0.5, 0.6) is 5.75 Å². The van der Waals surface area contributed by atoms with Crippen LogP contribution >= 0.6 is 27.5 Å². The zero-order valence-electron chi connectivity index (χ0n) is 7.63. The van der Waals surface area contributed by atoms with E-state index in [-0.39, 0.29) is 16.4 Å². The van der Waals surface area contributed by atoms with Crippen LogP contribution < -0.4 is 0 Å². The van der Waals surface area contributed by atoms with E-state index in [1.807, 2.05) is 0 Å². The lowest BCUT2D eigenvalue weighted by Crippen LogP contribution is -2.01. The van der Waals surface area contributed by atoms with E-state index in [0.717, 1.165) is 11.1 Å². The Morgan fingerprint density at radius 1 is 1.57 bits per heavy atom. The van der Waals surface area contributed by atoms with Crippen LogP contribution in [0.3, 0.4) is 0 Å². The number of alkyl halides is 2. The van der Waals surface area contributed by atoms with Gasteiger partial charge >= 0.3 is 0 Å². The summed E-state index contributed by atoms with van der Waals surface area (Å²) in [5.74, 6) is 0.443. The van der Waals surface area contributed by atoms with Crippen molar-refractivity contribution in [3.8, 4) is 5.75 Å². The smallest absolute Gasteiger partial charge is 0.147 e. The van der Waals surface area contributed by atoms with Gasteiger partial charge in [0.1, 0.15) is 11.5 Å². The van der Waals surface area contributed by atoms with Crippen LogP contribution in [0.15, 0.2) is 18.2 Å². The fourth-order valence-corrected chi connectivity index (χ4v) is 1.58. The van der Waals surface area contributed by atoms with Crippen LogP contribution in [0, 0.1) is 0 Å². The summed E-state index contributed by atoms with van der Waals surface area (Å²) in [5, 5.41) is 9.36. The van der Waals surface area contributed by atoms with E-state index in [9.17, 15) is 9.90 Å². The second kappa shape index (κ2) is 4.80. The van der Waals surface area contributed by atoms with Crippen LogP contribution in [0.4, 0.5) is 0 Å². The lowest BCUT2D eigenvalue weighted by molar-refractivity contribution is -0.116. The number of hydrogen-bond acceptors (Lipinski definition) is 2. The van der Waals surface area contributed by atoms with E-state index in [2.05, 4.69) is 15.9 Å². The number of carbonyl (C=O) groups is 1. The van der Waals surface area contributed by atoms with Crippen molar-refractivity contribution in [2.75, 3.05) is 0 Å². The van der Waals surface area contributed by atoms with Crippen molar-refractivity contribution in [3.05, 3.63) is 29.3 Å². The fourth-order valence-electron chi connectivity index (χ4n) is 1.16. The maximum Gasteiger partial charge on any atom is 0.147 e. The minimum Gasteiger partial charge on any atom is -0.508 e. The monoisotopic (exact) mass is 276 g/mol. The SMILES string of the molecule is CC(=O)C(Br)c1cc(O)cc(CCl)c1. The highest BCUT2D eigenvalue weighted by molar-refractivity contribution is 9.09. The number of carbonyl (C=O) groups excluding carboxylic acids is 1. The van der Waals surface area contributed by atoms with Crippen molar-refractivity contribution >= 4 is 33.3 Å². The molecule has 0 radical (unpaired) electrons. The minimum atomic E-state index is -0.378. The quantitative estimate of drug-likeness (QED) is 0.862. The number of halogens is 2. The first-order chi connectivity index (χ1) is 6.54. The van der Waals surface area contributed by atoms with Gasteiger partial charge in [-0.1, -0.05) is 22.0 Å². The highest BCUT2D eigenvalue weighted by atomic mass is 79.9. The Hall–Kier alpha value is -0.540. The third kappa shape index (κ3) is 2.72. The predicted molar refractivity (Wildman–Crippen MR) is 60.0 cm³/mol. The number of rotatable bonds is 3. The van der Waals surface area contributed by atoms with Crippen LogP contribution in [0.2, 0.25) is 0 Å². The summed E-state index contributed by atoms with van der Waals surface area (Å²) in [6, 6.07) is 4.93. The highest BCUT2D eigenvalue weighted by Gasteiger charge is 2.13. The largest absolute Gasteiger partial charge is 0.508 e. The molecule has 0 bridgehead atoms. The van der Waals surface area contributed by atoms with Gasteiger partial charge in [-0.25, -0.2) is 0 Å². The van der Waals surface area contributed by atoms with Crippen molar-refractivity contribution < 1.29 is 9.90 Å². The average Bonchev–Trinajstić information content (AvgIpc) is 2.15. The van der Waals surface area contributed by atoms with Gasteiger partial charge in [0.25, 0.3) is 0 Å². The fraction of sp³-hybridized carbons (Fsp3) is 0.300. The summed E-state index contributed by atoms with van der Waals surface area (Å²) in [7, 11) is 0. The van der Waals surface area contributed by atoms with Crippen molar-refractivity contribution in [2.45, 2.75) is 17.6 Å². The van der Waals surface area contributed by atoms with Gasteiger partial charge in [-0.05, 0) is 30.2 Å². The standard InChI is InChI=1S/C10H10BrClO2/c1-6(13)10(11)8-2-7(5-12)3-9(14)4-8/h2-4,10,14H,5H2,1H3. The molecule has 0 spiro atoms. The Morgan fingerprint density at radius 2 is 2.21 bits per heavy atom. The first-order valence-corrected chi connectivity index (χ1v) is 5.53. The molecule has 14 heavy (non-hydrogen) atoms. The lowest BCUT2D eigenvalue weighted by atomic mass is 10.1. The Kier molecular flexibility index (Phi) is 3.96. The number of ketones is 1. The van der Waals surface area contributed by atoms with E-state index in [4.69, 9.17) is 11.6 Å². The number of aromatic hydroxyl groups is 1. The molecule has 0 aliphatic carbocycles. The van der Waals surface area contributed by atoms with Crippen molar-refractivity contribution in [1.82, 2.24) is 0 Å². The number of hydrogen-bond donors (Lipinski definition) is 1. The Balaban J connectivity index is 3.08. The summed E-state index contributed by atoms with van der Waals surface area (Å²) >= 11 is 8.89. The zero-order chi connectivity index (χ0) is 10.7. The second-order valence-corrected chi connectivity index (χ2v) is 4.22. The van der Waals surface area contributed by atoms with Crippen LogP contribution in [-0.2, 0) is 10.7 Å². The van der Waals surface area contributed by atoms with Crippen LogP contribution in [0.25, 0.3) is 0 Å². The summed E-state index contributed by atoms with van der Waals surface area (Å²) in [5.41, 5.74) is 1.53. The maximum atomic E-state index is 11.1. The molecule has 1 rings (SSSR count). The minimum absolute atomic E-state index is 0.00359. The molecule has 0 saturated heterocycles. The summed E-state index contributed by atoms with van der Waals surface area (Å²) in [4.78, 5) is 10.7. The first-order valence-electron chi connectivity index (χ1n) is 4.08. The van der Waals surface area contributed by atoms with Gasteiger partial charge in [-0.15, -0.1) is 11.6 Å². The number of Topliss-reactive ketones (excluding diaryl/α,β-unsaturated/α-hetero) is 1. The summed E-state index contributed by atoms with van der Waals surface area (Å²) in [6.45, 7) is 1.49. The summed E-state index contributed by atoms with van der Waals surface area (Å²) < 4.78 is 0. The molecule has 0 aliphatic heterocycles. The molecule has 0 saturated carbocycles. The van der Waals surface area contributed by atoms with E-state index in [0.29, 0.717) is 5.88 Å². The third-order valence-corrected chi connectivity index (χ3v) is 3.29. The molecule has 2 nitrogen and oxygen atoms in total. The molecule has 0 amide bonds. The first kappa shape index (κ1) is 11.5. The molecule has 0 fully saturated rings. The van der Waals surface area contributed by atoms with E-state index in [1.165, 1.54) is 6.92 Å². The maximum absolute atomic E-state index is 11.1. The molecule has 1 unspecified atom stereocenters. The van der Waals surface area contributed by atoms with Gasteiger partial charge in [-0.3, -0.25) is 4.79 Å². The van der Waals surface area contributed by atoms with Gasteiger partial charge in [-0.2, -0.15) is 0 Å². The molecule has 76 valence electrons. The normalized spacial score (nSPS) is 12.5. The average molecular weight is 278 g/mol. The van der Waals surface area contributed by atoms with E-state index >= 15 is 0 Å². The topological polar surface area (TPSA) is 37.3 Å². The second-order valence-electron chi connectivity index (χ2n) is 3.04. The Labute approximate surface area is 96.0 Å². The molecule has 1 atom stereocenters.